The van der Waals surface area contributed by atoms with E-state index in [0.29, 0.717) is 5.15 Å². The van der Waals surface area contributed by atoms with E-state index in [1.54, 1.807) is 30.3 Å². The van der Waals surface area contributed by atoms with E-state index in [-0.39, 0.29) is 0 Å². The molecule has 0 saturated heterocycles. The SMILES string of the molecule is CCn1c(SCc2ccc(Cl)nc2)nnc1-c1ccco1. The van der Waals surface area contributed by atoms with Crippen molar-refractivity contribution in [2.24, 2.45) is 0 Å². The Morgan fingerprint density at radius 1 is 1.29 bits per heavy atom. The third-order valence-corrected chi connectivity index (χ3v) is 4.19. The Morgan fingerprint density at radius 3 is 2.86 bits per heavy atom. The molecular formula is C14H13ClN4OS. The van der Waals surface area contributed by atoms with Gasteiger partial charge in [0, 0.05) is 18.5 Å². The van der Waals surface area contributed by atoms with Gasteiger partial charge in [-0.2, -0.15) is 0 Å². The summed E-state index contributed by atoms with van der Waals surface area (Å²) in [6.45, 7) is 2.84. The number of thioether (sulfide) groups is 1. The Morgan fingerprint density at radius 2 is 2.19 bits per heavy atom. The molecule has 0 amide bonds. The highest BCUT2D eigenvalue weighted by atomic mass is 35.5. The molecule has 0 spiro atoms. The van der Waals surface area contributed by atoms with Crippen molar-refractivity contribution in [3.63, 3.8) is 0 Å². The van der Waals surface area contributed by atoms with Gasteiger partial charge in [-0.15, -0.1) is 10.2 Å². The van der Waals surface area contributed by atoms with Crippen LogP contribution in [0.1, 0.15) is 12.5 Å². The number of furan rings is 1. The first-order valence-electron chi connectivity index (χ1n) is 6.48. The van der Waals surface area contributed by atoms with Gasteiger partial charge in [0.1, 0.15) is 5.15 Å². The van der Waals surface area contributed by atoms with E-state index in [4.69, 9.17) is 16.0 Å². The molecule has 3 heterocycles. The monoisotopic (exact) mass is 320 g/mol. The lowest BCUT2D eigenvalue weighted by Gasteiger charge is -2.05. The molecule has 0 radical (unpaired) electrons. The maximum atomic E-state index is 5.78. The summed E-state index contributed by atoms with van der Waals surface area (Å²) in [6, 6.07) is 7.47. The van der Waals surface area contributed by atoms with E-state index in [1.165, 1.54) is 0 Å². The van der Waals surface area contributed by atoms with Crippen molar-refractivity contribution in [1.82, 2.24) is 19.7 Å². The molecule has 3 rings (SSSR count). The quantitative estimate of drug-likeness (QED) is 0.527. The summed E-state index contributed by atoms with van der Waals surface area (Å²) < 4.78 is 7.43. The van der Waals surface area contributed by atoms with E-state index in [2.05, 4.69) is 22.1 Å². The van der Waals surface area contributed by atoms with Gasteiger partial charge in [-0.1, -0.05) is 29.4 Å². The van der Waals surface area contributed by atoms with E-state index in [1.807, 2.05) is 22.8 Å². The Bertz CT molecular complexity index is 709. The molecule has 3 aromatic heterocycles. The molecule has 0 aliphatic carbocycles. The van der Waals surface area contributed by atoms with Crippen molar-refractivity contribution in [3.8, 4) is 11.6 Å². The lowest BCUT2D eigenvalue weighted by atomic mass is 10.3. The molecule has 7 heteroatoms. The highest BCUT2D eigenvalue weighted by Crippen LogP contribution is 2.26. The van der Waals surface area contributed by atoms with Gasteiger partial charge in [0.15, 0.2) is 16.7 Å². The molecule has 108 valence electrons. The summed E-state index contributed by atoms with van der Waals surface area (Å²) in [4.78, 5) is 4.07. The van der Waals surface area contributed by atoms with Crippen LogP contribution in [0, 0.1) is 0 Å². The number of hydrogen-bond acceptors (Lipinski definition) is 5. The van der Waals surface area contributed by atoms with E-state index < -0.39 is 0 Å². The van der Waals surface area contributed by atoms with Gasteiger partial charge in [-0.25, -0.2) is 4.98 Å². The fraction of sp³-hybridized carbons (Fsp3) is 0.214. The van der Waals surface area contributed by atoms with Crippen LogP contribution in [0.25, 0.3) is 11.6 Å². The predicted molar refractivity (Wildman–Crippen MR) is 82.2 cm³/mol. The minimum atomic E-state index is 0.501. The van der Waals surface area contributed by atoms with E-state index in [9.17, 15) is 0 Å². The van der Waals surface area contributed by atoms with Crippen LogP contribution in [0.3, 0.4) is 0 Å². The molecule has 0 bridgehead atoms. The minimum absolute atomic E-state index is 0.501. The summed E-state index contributed by atoms with van der Waals surface area (Å²) in [5.41, 5.74) is 1.09. The Balaban J connectivity index is 1.78. The van der Waals surface area contributed by atoms with E-state index >= 15 is 0 Å². The Labute approximate surface area is 131 Å². The van der Waals surface area contributed by atoms with Crippen LogP contribution < -0.4 is 0 Å². The minimum Gasteiger partial charge on any atom is -0.461 e. The van der Waals surface area contributed by atoms with Crippen molar-refractivity contribution in [2.45, 2.75) is 24.4 Å². The van der Waals surface area contributed by atoms with Gasteiger partial charge < -0.3 is 4.42 Å². The largest absolute Gasteiger partial charge is 0.461 e. The first-order chi connectivity index (χ1) is 10.3. The molecule has 5 nitrogen and oxygen atoms in total. The van der Waals surface area contributed by atoms with Crippen molar-refractivity contribution in [3.05, 3.63) is 47.4 Å². The van der Waals surface area contributed by atoms with Crippen molar-refractivity contribution < 1.29 is 4.42 Å². The van der Waals surface area contributed by atoms with Crippen LogP contribution in [0.2, 0.25) is 5.15 Å². The molecule has 0 aliphatic rings. The number of rotatable bonds is 5. The van der Waals surface area contributed by atoms with Crippen LogP contribution in [-0.4, -0.2) is 19.7 Å². The van der Waals surface area contributed by atoms with Crippen LogP contribution >= 0.6 is 23.4 Å². The second-order valence-corrected chi connectivity index (χ2v) is 5.64. The van der Waals surface area contributed by atoms with Crippen molar-refractivity contribution in [1.29, 1.82) is 0 Å². The fourth-order valence-corrected chi connectivity index (χ4v) is 2.96. The van der Waals surface area contributed by atoms with Crippen LogP contribution in [0.4, 0.5) is 0 Å². The number of hydrogen-bond donors (Lipinski definition) is 0. The Hall–Kier alpha value is -1.79. The first-order valence-corrected chi connectivity index (χ1v) is 7.84. The second-order valence-electron chi connectivity index (χ2n) is 4.31. The summed E-state index contributed by atoms with van der Waals surface area (Å²) >= 11 is 7.40. The summed E-state index contributed by atoms with van der Waals surface area (Å²) in [5, 5.41) is 9.82. The zero-order chi connectivity index (χ0) is 14.7. The average molecular weight is 321 g/mol. The average Bonchev–Trinajstić information content (AvgIpc) is 3.15. The molecule has 0 unspecified atom stereocenters. The lowest BCUT2D eigenvalue weighted by molar-refractivity contribution is 0.567. The number of nitrogens with zero attached hydrogens (tertiary/aromatic N) is 4. The van der Waals surface area contributed by atoms with Gasteiger partial charge in [0.2, 0.25) is 0 Å². The van der Waals surface area contributed by atoms with Crippen molar-refractivity contribution >= 4 is 23.4 Å². The number of pyridine rings is 1. The molecule has 21 heavy (non-hydrogen) atoms. The highest BCUT2D eigenvalue weighted by molar-refractivity contribution is 7.98. The predicted octanol–water partition coefficient (Wildman–Crippen LogP) is 3.90. The maximum Gasteiger partial charge on any atom is 0.200 e. The molecule has 0 atom stereocenters. The fourth-order valence-electron chi connectivity index (χ4n) is 1.91. The zero-order valence-corrected chi connectivity index (χ0v) is 12.9. The third-order valence-electron chi connectivity index (χ3n) is 2.93. The molecule has 0 fully saturated rings. The van der Waals surface area contributed by atoms with Gasteiger partial charge in [-0.05, 0) is 30.7 Å². The number of halogens is 1. The molecule has 0 N–H and O–H groups in total. The zero-order valence-electron chi connectivity index (χ0n) is 11.4. The van der Waals surface area contributed by atoms with E-state index in [0.717, 1.165) is 34.6 Å². The van der Waals surface area contributed by atoms with Gasteiger partial charge >= 0.3 is 0 Å². The number of aromatic nitrogens is 4. The van der Waals surface area contributed by atoms with Gasteiger partial charge in [0.25, 0.3) is 0 Å². The van der Waals surface area contributed by atoms with Crippen LogP contribution in [0.5, 0.6) is 0 Å². The third kappa shape index (κ3) is 3.11. The molecule has 0 aromatic carbocycles. The van der Waals surface area contributed by atoms with Crippen molar-refractivity contribution in [2.75, 3.05) is 0 Å². The maximum absolute atomic E-state index is 5.78. The standard InChI is InChI=1S/C14H13ClN4OS/c1-2-19-13(11-4-3-7-20-11)17-18-14(19)21-9-10-5-6-12(15)16-8-10/h3-8H,2,9H2,1H3. The summed E-state index contributed by atoms with van der Waals surface area (Å²) in [7, 11) is 0. The Kier molecular flexibility index (Phi) is 4.26. The topological polar surface area (TPSA) is 56.7 Å². The smallest absolute Gasteiger partial charge is 0.200 e. The van der Waals surface area contributed by atoms with Gasteiger partial charge in [-0.3, -0.25) is 4.57 Å². The first kappa shape index (κ1) is 14.2. The molecule has 3 aromatic rings. The lowest BCUT2D eigenvalue weighted by Crippen LogP contribution is -1.99. The normalized spacial score (nSPS) is 11.0. The van der Waals surface area contributed by atoms with Crippen LogP contribution in [0.15, 0.2) is 46.3 Å². The summed E-state index contributed by atoms with van der Waals surface area (Å²) in [5.74, 6) is 2.24. The summed E-state index contributed by atoms with van der Waals surface area (Å²) in [6.07, 6.45) is 3.41. The molecule has 0 aliphatic heterocycles. The van der Waals surface area contributed by atoms with Crippen LogP contribution in [-0.2, 0) is 12.3 Å². The highest BCUT2D eigenvalue weighted by Gasteiger charge is 2.15. The molecule has 0 saturated carbocycles. The molecular weight excluding hydrogens is 308 g/mol. The van der Waals surface area contributed by atoms with Gasteiger partial charge in [0.05, 0.1) is 6.26 Å². The second kappa shape index (κ2) is 6.32.